The second-order valence-electron chi connectivity index (χ2n) is 3.28. The summed E-state index contributed by atoms with van der Waals surface area (Å²) >= 11 is 0. The molecule has 2 fully saturated rings. The summed E-state index contributed by atoms with van der Waals surface area (Å²) < 4.78 is 4.96. The van der Waals surface area contributed by atoms with Crippen molar-refractivity contribution < 1.29 is 9.53 Å². The molecule has 2 rings (SSSR count). The summed E-state index contributed by atoms with van der Waals surface area (Å²) in [6.45, 7) is 0.698. The highest BCUT2D eigenvalue weighted by molar-refractivity contribution is 5.74. The van der Waals surface area contributed by atoms with Crippen molar-refractivity contribution in [3.8, 4) is 0 Å². The molecule has 0 spiro atoms. The number of hydrogen-bond donors (Lipinski definition) is 0. The Morgan fingerprint density at radius 2 is 2.10 bits per heavy atom. The number of carbonyl (C=O) groups excluding carboxylic acids is 1. The Bertz CT molecular complexity index is 153. The Hall–Kier alpha value is -0.530. The number of rotatable bonds is 0. The van der Waals surface area contributed by atoms with E-state index in [9.17, 15) is 4.79 Å². The summed E-state index contributed by atoms with van der Waals surface area (Å²) in [6.07, 6.45) is 4.79. The van der Waals surface area contributed by atoms with Gasteiger partial charge in [0.25, 0.3) is 0 Å². The van der Waals surface area contributed by atoms with Gasteiger partial charge in [-0.25, -0.2) is 0 Å². The molecular formula is C8H12O2. The first-order valence-corrected chi connectivity index (χ1v) is 4.04. The molecular weight excluding hydrogens is 128 g/mol. The lowest BCUT2D eigenvalue weighted by Gasteiger charge is -2.19. The first kappa shape index (κ1) is 6.20. The smallest absolute Gasteiger partial charge is 0.309 e. The molecule has 2 aliphatic rings. The SMILES string of the molecule is O=C1OC[C@@H]2CCCC[C@@H]12. The molecule has 2 atom stereocenters. The summed E-state index contributed by atoms with van der Waals surface area (Å²) in [6, 6.07) is 0. The van der Waals surface area contributed by atoms with Crippen LogP contribution in [0.15, 0.2) is 0 Å². The van der Waals surface area contributed by atoms with Crippen LogP contribution in [0.2, 0.25) is 0 Å². The largest absolute Gasteiger partial charge is 0.465 e. The zero-order valence-corrected chi connectivity index (χ0v) is 6.01. The van der Waals surface area contributed by atoms with E-state index in [1.807, 2.05) is 0 Å². The predicted octanol–water partition coefficient (Wildman–Crippen LogP) is 1.35. The predicted molar refractivity (Wildman–Crippen MR) is 36.4 cm³/mol. The molecule has 1 aliphatic carbocycles. The standard InChI is InChI=1S/C8H12O2/c9-8-7-4-2-1-3-6(7)5-10-8/h6-7H,1-5H2/t6-,7+/m0/s1. The first-order chi connectivity index (χ1) is 4.88. The first-order valence-electron chi connectivity index (χ1n) is 4.04. The highest BCUT2D eigenvalue weighted by atomic mass is 16.5. The van der Waals surface area contributed by atoms with E-state index in [4.69, 9.17) is 4.74 Å². The number of fused-ring (bicyclic) bond motifs is 1. The Balaban J connectivity index is 2.08. The molecule has 0 aromatic rings. The van der Waals surface area contributed by atoms with Crippen LogP contribution in [0, 0.1) is 11.8 Å². The normalized spacial score (nSPS) is 39.0. The van der Waals surface area contributed by atoms with Gasteiger partial charge in [-0.05, 0) is 12.8 Å². The van der Waals surface area contributed by atoms with Crippen molar-refractivity contribution in [2.45, 2.75) is 25.7 Å². The summed E-state index contributed by atoms with van der Waals surface area (Å²) in [4.78, 5) is 11.0. The number of cyclic esters (lactones) is 1. The van der Waals surface area contributed by atoms with Gasteiger partial charge in [-0.1, -0.05) is 12.8 Å². The molecule has 2 nitrogen and oxygen atoms in total. The lowest BCUT2D eigenvalue weighted by molar-refractivity contribution is -0.141. The van der Waals surface area contributed by atoms with Crippen LogP contribution in [0.3, 0.4) is 0 Å². The van der Waals surface area contributed by atoms with Gasteiger partial charge in [0.05, 0.1) is 12.5 Å². The molecule has 2 heteroatoms. The molecule has 1 saturated carbocycles. The lowest BCUT2D eigenvalue weighted by Crippen LogP contribution is -2.19. The Morgan fingerprint density at radius 1 is 1.30 bits per heavy atom. The molecule has 1 heterocycles. The van der Waals surface area contributed by atoms with Gasteiger partial charge in [0, 0.05) is 5.92 Å². The third kappa shape index (κ3) is 0.825. The van der Waals surface area contributed by atoms with E-state index < -0.39 is 0 Å². The molecule has 10 heavy (non-hydrogen) atoms. The molecule has 1 aliphatic heterocycles. The fraction of sp³-hybridized carbons (Fsp3) is 0.875. The van der Waals surface area contributed by atoms with Gasteiger partial charge < -0.3 is 4.74 Å². The Kier molecular flexibility index (Phi) is 1.40. The van der Waals surface area contributed by atoms with Crippen molar-refractivity contribution in [1.82, 2.24) is 0 Å². The Labute approximate surface area is 60.6 Å². The molecule has 0 amide bonds. The van der Waals surface area contributed by atoms with Crippen LogP contribution in [-0.4, -0.2) is 12.6 Å². The van der Waals surface area contributed by atoms with Crippen LogP contribution >= 0.6 is 0 Å². The van der Waals surface area contributed by atoms with Crippen molar-refractivity contribution in [3.63, 3.8) is 0 Å². The minimum atomic E-state index is 0.0599. The number of ether oxygens (including phenoxy) is 1. The minimum Gasteiger partial charge on any atom is -0.465 e. The number of carbonyl (C=O) groups is 1. The van der Waals surface area contributed by atoms with E-state index in [1.54, 1.807) is 0 Å². The monoisotopic (exact) mass is 140 g/mol. The minimum absolute atomic E-state index is 0.0599. The molecule has 0 unspecified atom stereocenters. The summed E-state index contributed by atoms with van der Waals surface area (Å²) in [7, 11) is 0. The fourth-order valence-corrected chi connectivity index (χ4v) is 2.01. The molecule has 0 radical (unpaired) electrons. The average molecular weight is 140 g/mol. The zero-order chi connectivity index (χ0) is 6.97. The van der Waals surface area contributed by atoms with E-state index >= 15 is 0 Å². The van der Waals surface area contributed by atoms with Crippen LogP contribution < -0.4 is 0 Å². The number of hydrogen-bond acceptors (Lipinski definition) is 2. The number of esters is 1. The maximum atomic E-state index is 11.0. The van der Waals surface area contributed by atoms with Crippen LogP contribution in [-0.2, 0) is 9.53 Å². The third-order valence-electron chi connectivity index (χ3n) is 2.65. The molecule has 0 N–H and O–H groups in total. The van der Waals surface area contributed by atoms with Crippen molar-refractivity contribution >= 4 is 5.97 Å². The maximum absolute atomic E-state index is 11.0. The van der Waals surface area contributed by atoms with Gasteiger partial charge in [-0.15, -0.1) is 0 Å². The second kappa shape index (κ2) is 2.26. The summed E-state index contributed by atoms with van der Waals surface area (Å²) in [5.41, 5.74) is 0. The van der Waals surface area contributed by atoms with E-state index in [-0.39, 0.29) is 11.9 Å². The molecule has 0 aromatic carbocycles. The maximum Gasteiger partial charge on any atom is 0.309 e. The second-order valence-corrected chi connectivity index (χ2v) is 3.28. The van der Waals surface area contributed by atoms with Crippen LogP contribution in [0.4, 0.5) is 0 Å². The molecule has 1 saturated heterocycles. The highest BCUT2D eigenvalue weighted by Crippen LogP contribution is 2.35. The van der Waals surface area contributed by atoms with Gasteiger partial charge in [0.1, 0.15) is 0 Å². The van der Waals surface area contributed by atoms with Gasteiger partial charge >= 0.3 is 5.97 Å². The molecule has 0 bridgehead atoms. The van der Waals surface area contributed by atoms with Crippen molar-refractivity contribution in [1.29, 1.82) is 0 Å². The average Bonchev–Trinajstić information content (AvgIpc) is 2.34. The van der Waals surface area contributed by atoms with E-state index in [0.29, 0.717) is 12.5 Å². The van der Waals surface area contributed by atoms with Crippen molar-refractivity contribution in [3.05, 3.63) is 0 Å². The molecule has 56 valence electrons. The van der Waals surface area contributed by atoms with Gasteiger partial charge in [0.2, 0.25) is 0 Å². The van der Waals surface area contributed by atoms with Gasteiger partial charge in [0.15, 0.2) is 0 Å². The Morgan fingerprint density at radius 3 is 2.90 bits per heavy atom. The van der Waals surface area contributed by atoms with E-state index in [0.717, 1.165) is 6.42 Å². The molecule has 0 aromatic heterocycles. The van der Waals surface area contributed by atoms with Crippen molar-refractivity contribution in [2.24, 2.45) is 11.8 Å². The third-order valence-corrected chi connectivity index (χ3v) is 2.65. The quantitative estimate of drug-likeness (QED) is 0.475. The lowest BCUT2D eigenvalue weighted by atomic mass is 9.81. The van der Waals surface area contributed by atoms with Crippen LogP contribution in [0.5, 0.6) is 0 Å². The fourth-order valence-electron chi connectivity index (χ4n) is 2.01. The summed E-state index contributed by atoms with van der Waals surface area (Å²) in [5.74, 6) is 0.903. The van der Waals surface area contributed by atoms with Gasteiger partial charge in [-0.2, -0.15) is 0 Å². The highest BCUT2D eigenvalue weighted by Gasteiger charge is 2.37. The van der Waals surface area contributed by atoms with E-state index in [1.165, 1.54) is 19.3 Å². The van der Waals surface area contributed by atoms with E-state index in [2.05, 4.69) is 0 Å². The van der Waals surface area contributed by atoms with Crippen LogP contribution in [0.1, 0.15) is 25.7 Å². The topological polar surface area (TPSA) is 26.3 Å². The zero-order valence-electron chi connectivity index (χ0n) is 6.01. The van der Waals surface area contributed by atoms with Crippen molar-refractivity contribution in [2.75, 3.05) is 6.61 Å². The van der Waals surface area contributed by atoms with Crippen LogP contribution in [0.25, 0.3) is 0 Å². The van der Waals surface area contributed by atoms with Gasteiger partial charge in [-0.3, -0.25) is 4.79 Å². The summed E-state index contributed by atoms with van der Waals surface area (Å²) in [5, 5.41) is 0.